The van der Waals surface area contributed by atoms with Crippen molar-refractivity contribution in [2.24, 2.45) is 0 Å². The Kier molecular flexibility index (Phi) is 5.49. The van der Waals surface area contributed by atoms with Crippen molar-refractivity contribution in [3.8, 4) is 5.75 Å². The third-order valence-corrected chi connectivity index (χ3v) is 3.70. The third-order valence-electron chi connectivity index (χ3n) is 2.91. The molecule has 0 aliphatic rings. The van der Waals surface area contributed by atoms with Crippen LogP contribution in [-0.4, -0.2) is 23.1 Å². The van der Waals surface area contributed by atoms with Gasteiger partial charge < -0.3 is 10.1 Å². The fraction of sp³-hybridized carbons (Fsp3) is 0.467. The maximum atomic E-state index is 5.53. The van der Waals surface area contributed by atoms with Crippen molar-refractivity contribution in [3.05, 3.63) is 40.1 Å². The van der Waals surface area contributed by atoms with Gasteiger partial charge in [0.1, 0.15) is 5.75 Å². The van der Waals surface area contributed by atoms with Crippen molar-refractivity contribution >= 4 is 11.3 Å². The number of nitrogens with one attached hydrogen (secondary N) is 1. The molecule has 2 heterocycles. The lowest BCUT2D eigenvalue weighted by molar-refractivity contribution is 0.338. The first kappa shape index (κ1) is 14.9. The summed E-state index contributed by atoms with van der Waals surface area (Å²) in [6, 6.07) is 2.12. The van der Waals surface area contributed by atoms with E-state index in [-0.39, 0.29) is 6.04 Å². The summed E-state index contributed by atoms with van der Waals surface area (Å²) in [5, 5.41) is 6.72. The van der Waals surface area contributed by atoms with Gasteiger partial charge in [-0.1, -0.05) is 6.92 Å². The van der Waals surface area contributed by atoms with E-state index in [2.05, 4.69) is 27.6 Å². The highest BCUT2D eigenvalue weighted by Crippen LogP contribution is 2.25. The van der Waals surface area contributed by atoms with Gasteiger partial charge in [0.25, 0.3) is 0 Å². The first-order valence-electron chi connectivity index (χ1n) is 6.97. The van der Waals surface area contributed by atoms with Gasteiger partial charge in [-0.05, 0) is 38.4 Å². The van der Waals surface area contributed by atoms with Gasteiger partial charge in [-0.2, -0.15) is 0 Å². The summed E-state index contributed by atoms with van der Waals surface area (Å²) in [6.45, 7) is 7.75. The van der Waals surface area contributed by atoms with E-state index in [9.17, 15) is 0 Å². The maximum Gasteiger partial charge on any atom is 0.137 e. The van der Waals surface area contributed by atoms with Gasteiger partial charge in [-0.15, -0.1) is 11.3 Å². The number of nitrogens with zero attached hydrogens (tertiary/aromatic N) is 2. The largest absolute Gasteiger partial charge is 0.492 e. The normalized spacial score (nSPS) is 12.3. The molecule has 0 amide bonds. The molecule has 0 saturated heterocycles. The zero-order valence-corrected chi connectivity index (χ0v) is 13.0. The third kappa shape index (κ3) is 3.77. The molecule has 5 heteroatoms. The molecule has 1 atom stereocenters. The average molecular weight is 291 g/mol. The van der Waals surface area contributed by atoms with Crippen LogP contribution in [0.1, 0.15) is 42.6 Å². The highest BCUT2D eigenvalue weighted by atomic mass is 32.1. The van der Waals surface area contributed by atoms with E-state index in [4.69, 9.17) is 4.74 Å². The zero-order valence-electron chi connectivity index (χ0n) is 12.2. The van der Waals surface area contributed by atoms with Gasteiger partial charge in [-0.25, -0.2) is 4.98 Å². The highest BCUT2D eigenvalue weighted by molar-refractivity contribution is 7.09. The summed E-state index contributed by atoms with van der Waals surface area (Å²) in [6.07, 6.45) is 4.71. The fourth-order valence-electron chi connectivity index (χ4n) is 2.03. The van der Waals surface area contributed by atoms with E-state index >= 15 is 0 Å². The number of hydrogen-bond donors (Lipinski definition) is 1. The maximum absolute atomic E-state index is 5.53. The number of rotatable bonds is 7. The number of aromatic nitrogens is 2. The predicted molar refractivity (Wildman–Crippen MR) is 82.4 cm³/mol. The molecule has 2 rings (SSSR count). The Morgan fingerprint density at radius 3 is 2.85 bits per heavy atom. The Bertz CT molecular complexity index is 541. The number of aryl methyl sites for hydroxylation is 1. The topological polar surface area (TPSA) is 47.0 Å². The van der Waals surface area contributed by atoms with Crippen LogP contribution in [0.3, 0.4) is 0 Å². The molecule has 0 bridgehead atoms. The quantitative estimate of drug-likeness (QED) is 0.850. The first-order valence-corrected chi connectivity index (χ1v) is 7.85. The van der Waals surface area contributed by atoms with Gasteiger partial charge in [-0.3, -0.25) is 4.98 Å². The standard InChI is InChI=1S/C15H21N3OS/c1-4-6-17-15(14-10-20-11(3)18-14)12-7-13(19-5-2)9-16-8-12/h7-10,15,17H,4-6H2,1-3H3. The molecule has 2 aromatic rings. The fourth-order valence-corrected chi connectivity index (χ4v) is 2.67. The summed E-state index contributed by atoms with van der Waals surface area (Å²) < 4.78 is 5.53. The first-order chi connectivity index (χ1) is 9.74. The Morgan fingerprint density at radius 1 is 1.35 bits per heavy atom. The molecule has 0 fully saturated rings. The van der Waals surface area contributed by atoms with Crippen LogP contribution >= 0.6 is 11.3 Å². The van der Waals surface area contributed by atoms with Crippen molar-refractivity contribution < 1.29 is 4.74 Å². The van der Waals surface area contributed by atoms with Gasteiger partial charge in [0, 0.05) is 11.6 Å². The second-order valence-electron chi connectivity index (χ2n) is 4.57. The minimum Gasteiger partial charge on any atom is -0.492 e. The van der Waals surface area contributed by atoms with Crippen molar-refractivity contribution in [3.63, 3.8) is 0 Å². The molecule has 0 radical (unpaired) electrons. The van der Waals surface area contributed by atoms with Crippen molar-refractivity contribution in [2.45, 2.75) is 33.2 Å². The Labute approximate surface area is 124 Å². The van der Waals surface area contributed by atoms with Crippen LogP contribution in [0.4, 0.5) is 0 Å². The monoisotopic (exact) mass is 291 g/mol. The Hall–Kier alpha value is -1.46. The molecular weight excluding hydrogens is 270 g/mol. The smallest absolute Gasteiger partial charge is 0.137 e. The molecule has 20 heavy (non-hydrogen) atoms. The number of thiazole rings is 1. The number of pyridine rings is 1. The van der Waals surface area contributed by atoms with Gasteiger partial charge in [0.15, 0.2) is 0 Å². The summed E-state index contributed by atoms with van der Waals surface area (Å²) in [4.78, 5) is 8.88. The lowest BCUT2D eigenvalue weighted by Crippen LogP contribution is -2.23. The summed E-state index contributed by atoms with van der Waals surface area (Å²) in [5.41, 5.74) is 2.14. The van der Waals surface area contributed by atoms with Crippen LogP contribution in [0.5, 0.6) is 5.75 Å². The molecule has 0 aromatic carbocycles. The highest BCUT2D eigenvalue weighted by Gasteiger charge is 2.17. The van der Waals surface area contributed by atoms with E-state index in [1.807, 2.05) is 26.1 Å². The molecule has 1 N–H and O–H groups in total. The second-order valence-corrected chi connectivity index (χ2v) is 5.63. The van der Waals surface area contributed by atoms with Crippen LogP contribution in [0.2, 0.25) is 0 Å². The second kappa shape index (κ2) is 7.36. The average Bonchev–Trinajstić information content (AvgIpc) is 2.87. The van der Waals surface area contributed by atoms with Crippen molar-refractivity contribution in [1.29, 1.82) is 0 Å². The Morgan fingerprint density at radius 2 is 2.20 bits per heavy atom. The molecule has 0 saturated carbocycles. The molecule has 0 aliphatic heterocycles. The summed E-state index contributed by atoms with van der Waals surface area (Å²) >= 11 is 1.67. The number of ether oxygens (including phenoxy) is 1. The van der Waals surface area contributed by atoms with Crippen LogP contribution in [-0.2, 0) is 0 Å². The van der Waals surface area contributed by atoms with Crippen molar-refractivity contribution in [2.75, 3.05) is 13.2 Å². The Balaban J connectivity index is 2.28. The minimum atomic E-state index is 0.0767. The molecule has 0 aliphatic carbocycles. The van der Waals surface area contributed by atoms with Gasteiger partial charge >= 0.3 is 0 Å². The predicted octanol–water partition coefficient (Wildman–Crippen LogP) is 3.33. The van der Waals surface area contributed by atoms with Crippen LogP contribution < -0.4 is 10.1 Å². The lowest BCUT2D eigenvalue weighted by atomic mass is 10.1. The van der Waals surface area contributed by atoms with E-state index in [0.717, 1.165) is 35.0 Å². The molecule has 4 nitrogen and oxygen atoms in total. The SMILES string of the molecule is CCCNC(c1cncc(OCC)c1)c1csc(C)n1. The van der Waals surface area contributed by atoms with E-state index < -0.39 is 0 Å². The zero-order chi connectivity index (χ0) is 14.4. The van der Waals surface area contributed by atoms with Gasteiger partial charge in [0.05, 0.1) is 29.5 Å². The molecular formula is C15H21N3OS. The summed E-state index contributed by atoms with van der Waals surface area (Å²) in [5.74, 6) is 0.806. The van der Waals surface area contributed by atoms with Gasteiger partial charge in [0.2, 0.25) is 0 Å². The van der Waals surface area contributed by atoms with Crippen molar-refractivity contribution in [1.82, 2.24) is 15.3 Å². The van der Waals surface area contributed by atoms with E-state index in [0.29, 0.717) is 6.61 Å². The molecule has 1 unspecified atom stereocenters. The molecule has 0 spiro atoms. The lowest BCUT2D eigenvalue weighted by Gasteiger charge is -2.17. The molecule has 108 valence electrons. The van der Waals surface area contributed by atoms with E-state index in [1.54, 1.807) is 17.5 Å². The molecule has 2 aromatic heterocycles. The van der Waals surface area contributed by atoms with Crippen LogP contribution in [0, 0.1) is 6.92 Å². The number of hydrogen-bond acceptors (Lipinski definition) is 5. The van der Waals surface area contributed by atoms with E-state index in [1.165, 1.54) is 0 Å². The summed E-state index contributed by atoms with van der Waals surface area (Å²) in [7, 11) is 0. The minimum absolute atomic E-state index is 0.0767. The van der Waals surface area contributed by atoms with Crippen LogP contribution in [0.25, 0.3) is 0 Å². The van der Waals surface area contributed by atoms with Crippen LogP contribution in [0.15, 0.2) is 23.8 Å².